The number of nitrogens with zero attached hydrogens (tertiary/aromatic N) is 1. The van der Waals surface area contributed by atoms with E-state index in [1.165, 1.54) is 0 Å². The summed E-state index contributed by atoms with van der Waals surface area (Å²) in [6.07, 6.45) is 1.10. The number of hydrogen-bond acceptors (Lipinski definition) is 4. The molecular formula is C16H21ClN2O4. The quantitative estimate of drug-likeness (QED) is 0.857. The van der Waals surface area contributed by atoms with Crippen molar-refractivity contribution in [2.45, 2.75) is 18.9 Å². The zero-order chi connectivity index (χ0) is 15.5. The van der Waals surface area contributed by atoms with Gasteiger partial charge >= 0.3 is 5.97 Å². The molecule has 2 saturated heterocycles. The van der Waals surface area contributed by atoms with Crippen LogP contribution in [0, 0.1) is 5.92 Å². The Morgan fingerprint density at radius 3 is 2.65 bits per heavy atom. The lowest BCUT2D eigenvalue weighted by Gasteiger charge is -2.24. The van der Waals surface area contributed by atoms with Crippen LogP contribution < -0.4 is 10.2 Å². The molecule has 126 valence electrons. The van der Waals surface area contributed by atoms with Crippen LogP contribution in [-0.2, 0) is 20.7 Å². The third-order valence-electron chi connectivity index (χ3n) is 4.19. The van der Waals surface area contributed by atoms with Crippen LogP contribution in [0.1, 0.15) is 12.0 Å². The second kappa shape index (κ2) is 7.77. The zero-order valence-corrected chi connectivity index (χ0v) is 13.6. The van der Waals surface area contributed by atoms with Gasteiger partial charge < -0.3 is 20.1 Å². The lowest BCUT2D eigenvalue weighted by molar-refractivity contribution is -0.141. The number of carboxylic acids is 1. The van der Waals surface area contributed by atoms with E-state index in [2.05, 4.69) is 5.32 Å². The molecule has 2 heterocycles. The molecule has 7 heteroatoms. The molecule has 0 bridgehead atoms. The lowest BCUT2D eigenvalue weighted by Crippen LogP contribution is -2.39. The van der Waals surface area contributed by atoms with Gasteiger partial charge in [0.1, 0.15) is 0 Å². The molecule has 2 N–H and O–H groups in total. The SMILES string of the molecule is Cl.O=C(O)[C@H]1CC(=O)N(c2ccc(CC3CNCCO3)cc2)C1. The maximum atomic E-state index is 11.9. The second-order valence-corrected chi connectivity index (χ2v) is 5.81. The topological polar surface area (TPSA) is 78.9 Å². The Morgan fingerprint density at radius 2 is 2.09 bits per heavy atom. The highest BCUT2D eigenvalue weighted by molar-refractivity contribution is 5.99. The van der Waals surface area contributed by atoms with Crippen molar-refractivity contribution in [1.29, 1.82) is 0 Å². The first kappa shape index (κ1) is 17.7. The molecule has 1 amide bonds. The van der Waals surface area contributed by atoms with E-state index in [0.29, 0.717) is 0 Å². The van der Waals surface area contributed by atoms with E-state index in [-0.39, 0.29) is 37.4 Å². The maximum absolute atomic E-state index is 11.9. The number of ether oxygens (including phenoxy) is 1. The normalized spacial score (nSPS) is 24.3. The van der Waals surface area contributed by atoms with Gasteiger partial charge in [-0.25, -0.2) is 0 Å². The summed E-state index contributed by atoms with van der Waals surface area (Å²) in [5.74, 6) is -1.64. The van der Waals surface area contributed by atoms with Gasteiger partial charge in [0.15, 0.2) is 0 Å². The van der Waals surface area contributed by atoms with Crippen molar-refractivity contribution in [2.75, 3.05) is 31.1 Å². The molecule has 6 nitrogen and oxygen atoms in total. The highest BCUT2D eigenvalue weighted by Crippen LogP contribution is 2.25. The lowest BCUT2D eigenvalue weighted by atomic mass is 10.1. The summed E-state index contributed by atoms with van der Waals surface area (Å²) in [6, 6.07) is 7.73. The summed E-state index contributed by atoms with van der Waals surface area (Å²) in [4.78, 5) is 24.5. The summed E-state index contributed by atoms with van der Waals surface area (Å²) < 4.78 is 5.68. The van der Waals surface area contributed by atoms with Gasteiger partial charge in [0.25, 0.3) is 0 Å². The van der Waals surface area contributed by atoms with E-state index in [1.807, 2.05) is 24.3 Å². The fraction of sp³-hybridized carbons (Fsp3) is 0.500. The molecule has 1 unspecified atom stereocenters. The molecule has 23 heavy (non-hydrogen) atoms. The van der Waals surface area contributed by atoms with Gasteiger partial charge in [-0.3, -0.25) is 9.59 Å². The summed E-state index contributed by atoms with van der Waals surface area (Å²) in [5, 5.41) is 12.3. The number of morpholine rings is 1. The largest absolute Gasteiger partial charge is 0.481 e. The van der Waals surface area contributed by atoms with Crippen molar-refractivity contribution in [3.05, 3.63) is 29.8 Å². The first-order valence-corrected chi connectivity index (χ1v) is 7.58. The average Bonchev–Trinajstić information content (AvgIpc) is 2.91. The number of carbonyl (C=O) groups excluding carboxylic acids is 1. The Bertz CT molecular complexity index is 558. The Morgan fingerprint density at radius 1 is 1.35 bits per heavy atom. The van der Waals surface area contributed by atoms with E-state index in [0.717, 1.165) is 37.4 Å². The number of carbonyl (C=O) groups is 2. The van der Waals surface area contributed by atoms with Gasteiger partial charge in [0.05, 0.1) is 18.6 Å². The first-order valence-electron chi connectivity index (χ1n) is 7.58. The maximum Gasteiger partial charge on any atom is 0.308 e. The Kier molecular flexibility index (Phi) is 5.98. The number of halogens is 1. The van der Waals surface area contributed by atoms with Crippen LogP contribution in [0.4, 0.5) is 5.69 Å². The van der Waals surface area contributed by atoms with Crippen LogP contribution in [0.25, 0.3) is 0 Å². The van der Waals surface area contributed by atoms with Crippen LogP contribution in [0.2, 0.25) is 0 Å². The van der Waals surface area contributed by atoms with Gasteiger partial charge in [-0.2, -0.15) is 0 Å². The molecule has 0 aliphatic carbocycles. The number of rotatable bonds is 4. The third-order valence-corrected chi connectivity index (χ3v) is 4.19. The van der Waals surface area contributed by atoms with Gasteiger partial charge in [-0.15, -0.1) is 12.4 Å². The van der Waals surface area contributed by atoms with E-state index in [9.17, 15) is 9.59 Å². The number of benzene rings is 1. The Hall–Kier alpha value is -1.63. The van der Waals surface area contributed by atoms with Crippen molar-refractivity contribution >= 4 is 30.0 Å². The van der Waals surface area contributed by atoms with Crippen LogP contribution in [-0.4, -0.2) is 49.3 Å². The second-order valence-electron chi connectivity index (χ2n) is 5.81. The fourth-order valence-corrected chi connectivity index (χ4v) is 2.95. The summed E-state index contributed by atoms with van der Waals surface area (Å²) in [5.41, 5.74) is 1.92. The molecule has 2 fully saturated rings. The molecular weight excluding hydrogens is 320 g/mol. The molecule has 2 atom stereocenters. The van der Waals surface area contributed by atoms with Gasteiger partial charge in [-0.05, 0) is 24.1 Å². The molecule has 0 saturated carbocycles. The number of aliphatic carboxylic acids is 1. The van der Waals surface area contributed by atoms with Gasteiger partial charge in [-0.1, -0.05) is 12.1 Å². The highest BCUT2D eigenvalue weighted by atomic mass is 35.5. The van der Waals surface area contributed by atoms with Crippen LogP contribution >= 0.6 is 12.4 Å². The van der Waals surface area contributed by atoms with Crippen molar-refractivity contribution in [3.63, 3.8) is 0 Å². The summed E-state index contributed by atoms with van der Waals surface area (Å²) >= 11 is 0. The van der Waals surface area contributed by atoms with Crippen LogP contribution in [0.3, 0.4) is 0 Å². The van der Waals surface area contributed by atoms with Gasteiger partial charge in [0.2, 0.25) is 5.91 Å². The van der Waals surface area contributed by atoms with Crippen LogP contribution in [0.15, 0.2) is 24.3 Å². The zero-order valence-electron chi connectivity index (χ0n) is 12.7. The fourth-order valence-electron chi connectivity index (χ4n) is 2.95. The van der Waals surface area contributed by atoms with Gasteiger partial charge in [0, 0.05) is 31.7 Å². The first-order chi connectivity index (χ1) is 10.6. The number of carboxylic acid groups (broad SMARTS) is 1. The molecule has 1 aromatic carbocycles. The van der Waals surface area contributed by atoms with E-state index in [4.69, 9.17) is 9.84 Å². The van der Waals surface area contributed by atoms with Crippen molar-refractivity contribution < 1.29 is 19.4 Å². The molecule has 1 aromatic rings. The number of anilines is 1. The predicted molar refractivity (Wildman–Crippen MR) is 88.1 cm³/mol. The summed E-state index contributed by atoms with van der Waals surface area (Å²) in [6.45, 7) is 2.74. The number of nitrogens with one attached hydrogen (secondary N) is 1. The van der Waals surface area contributed by atoms with E-state index in [1.54, 1.807) is 4.90 Å². The van der Waals surface area contributed by atoms with Crippen molar-refractivity contribution in [3.8, 4) is 0 Å². The smallest absolute Gasteiger partial charge is 0.308 e. The van der Waals surface area contributed by atoms with E-state index >= 15 is 0 Å². The molecule has 2 aliphatic rings. The minimum Gasteiger partial charge on any atom is -0.481 e. The molecule has 0 aromatic heterocycles. The number of amides is 1. The molecule has 2 aliphatic heterocycles. The Labute approximate surface area is 141 Å². The number of hydrogen-bond donors (Lipinski definition) is 2. The van der Waals surface area contributed by atoms with Crippen LogP contribution in [0.5, 0.6) is 0 Å². The average molecular weight is 341 g/mol. The van der Waals surface area contributed by atoms with Crippen molar-refractivity contribution in [2.24, 2.45) is 5.92 Å². The Balaban J connectivity index is 0.00000192. The minimum absolute atomic E-state index is 0. The minimum atomic E-state index is -0.908. The molecule has 0 radical (unpaired) electrons. The van der Waals surface area contributed by atoms with E-state index < -0.39 is 11.9 Å². The highest BCUT2D eigenvalue weighted by Gasteiger charge is 2.34. The molecule has 0 spiro atoms. The monoisotopic (exact) mass is 340 g/mol. The standard InChI is InChI=1S/C16H20N2O4.ClH/c19-15-8-12(16(20)21)10-18(15)13-3-1-11(2-4-13)7-14-9-17-5-6-22-14;/h1-4,12,14,17H,5-10H2,(H,20,21);1H/t12-,14?;/m0./s1. The molecule has 3 rings (SSSR count). The predicted octanol–water partition coefficient (Wildman–Crippen LogP) is 1.08. The summed E-state index contributed by atoms with van der Waals surface area (Å²) in [7, 11) is 0. The van der Waals surface area contributed by atoms with Crippen molar-refractivity contribution in [1.82, 2.24) is 5.32 Å². The third kappa shape index (κ3) is 4.22.